The Morgan fingerprint density at radius 2 is 2.06 bits per heavy atom. The van der Waals surface area contributed by atoms with E-state index in [1.54, 1.807) is 6.07 Å². The van der Waals surface area contributed by atoms with Gasteiger partial charge in [-0.05, 0) is 34.1 Å². The summed E-state index contributed by atoms with van der Waals surface area (Å²) >= 11 is 6.71. The lowest BCUT2D eigenvalue weighted by molar-refractivity contribution is 0.102. The van der Waals surface area contributed by atoms with Gasteiger partial charge in [0.2, 0.25) is 0 Å². The minimum absolute atomic E-state index is 0.280. The molecule has 1 amide bonds. The maximum atomic E-state index is 11.8. The van der Waals surface area contributed by atoms with Crippen molar-refractivity contribution in [1.29, 1.82) is 0 Å². The zero-order chi connectivity index (χ0) is 12.3. The van der Waals surface area contributed by atoms with Crippen molar-refractivity contribution >= 4 is 43.5 Å². The fraction of sp³-hybridized carbons (Fsp3) is 0. The second-order valence-electron chi connectivity index (χ2n) is 3.17. The van der Waals surface area contributed by atoms with Crippen LogP contribution in [0.1, 0.15) is 10.5 Å². The number of carbonyl (C=O) groups is 1. The Labute approximate surface area is 115 Å². The molecule has 4 nitrogen and oxygen atoms in total. The van der Waals surface area contributed by atoms with Gasteiger partial charge in [0, 0.05) is 21.3 Å². The molecule has 0 saturated heterocycles. The summed E-state index contributed by atoms with van der Waals surface area (Å²) < 4.78 is 1.73. The van der Waals surface area contributed by atoms with E-state index in [2.05, 4.69) is 47.1 Å². The van der Waals surface area contributed by atoms with E-state index in [1.807, 2.05) is 12.1 Å². The summed E-state index contributed by atoms with van der Waals surface area (Å²) in [4.78, 5) is 19.6. The topological polar surface area (TPSA) is 54.9 Å². The van der Waals surface area contributed by atoms with Gasteiger partial charge in [0.05, 0.1) is 11.9 Å². The lowest BCUT2D eigenvalue weighted by Crippen LogP contribution is -2.14. The molecule has 0 fully saturated rings. The van der Waals surface area contributed by atoms with Gasteiger partial charge in [0.1, 0.15) is 5.69 Å². The number of nitrogens with one attached hydrogen (secondary N) is 1. The van der Waals surface area contributed by atoms with E-state index in [-0.39, 0.29) is 11.6 Å². The molecule has 1 aromatic carbocycles. The Hall–Kier alpha value is -1.27. The summed E-state index contributed by atoms with van der Waals surface area (Å²) in [7, 11) is 0. The van der Waals surface area contributed by atoms with Gasteiger partial charge in [-0.1, -0.05) is 15.9 Å². The highest BCUT2D eigenvalue weighted by Gasteiger charge is 2.09. The van der Waals surface area contributed by atoms with Crippen molar-refractivity contribution in [2.24, 2.45) is 0 Å². The van der Waals surface area contributed by atoms with Crippen molar-refractivity contribution in [2.75, 3.05) is 5.32 Å². The number of halogens is 2. The first-order chi connectivity index (χ1) is 8.16. The zero-order valence-corrected chi connectivity index (χ0v) is 11.7. The molecule has 0 aliphatic carbocycles. The van der Waals surface area contributed by atoms with E-state index >= 15 is 0 Å². The molecule has 0 bridgehead atoms. The average Bonchev–Trinajstić information content (AvgIpc) is 2.34. The Balaban J connectivity index is 2.19. The molecular weight excluding hydrogens is 350 g/mol. The summed E-state index contributed by atoms with van der Waals surface area (Å²) in [6, 6.07) is 5.49. The number of anilines is 1. The van der Waals surface area contributed by atoms with Crippen molar-refractivity contribution in [3.8, 4) is 0 Å². The minimum Gasteiger partial charge on any atom is -0.320 e. The molecular formula is C11H7Br2N3O. The van der Waals surface area contributed by atoms with Crippen LogP contribution in [0, 0.1) is 0 Å². The predicted molar refractivity (Wildman–Crippen MR) is 71.8 cm³/mol. The van der Waals surface area contributed by atoms with Crippen molar-refractivity contribution in [3.05, 3.63) is 51.4 Å². The van der Waals surface area contributed by atoms with E-state index < -0.39 is 0 Å². The number of hydrogen-bond donors (Lipinski definition) is 1. The first-order valence-corrected chi connectivity index (χ1v) is 6.28. The highest BCUT2D eigenvalue weighted by Crippen LogP contribution is 2.26. The van der Waals surface area contributed by atoms with E-state index in [4.69, 9.17) is 0 Å². The first-order valence-electron chi connectivity index (χ1n) is 4.69. The summed E-state index contributed by atoms with van der Waals surface area (Å²) in [6.45, 7) is 0. The fourth-order valence-electron chi connectivity index (χ4n) is 1.19. The van der Waals surface area contributed by atoms with Gasteiger partial charge < -0.3 is 5.32 Å². The molecule has 0 atom stereocenters. The number of rotatable bonds is 2. The molecule has 0 saturated carbocycles. The Kier molecular flexibility index (Phi) is 3.86. The van der Waals surface area contributed by atoms with E-state index in [0.717, 1.165) is 8.95 Å². The molecule has 2 rings (SSSR count). The maximum Gasteiger partial charge on any atom is 0.275 e. The van der Waals surface area contributed by atoms with Gasteiger partial charge in [-0.2, -0.15) is 0 Å². The fourth-order valence-corrected chi connectivity index (χ4v) is 2.34. The van der Waals surface area contributed by atoms with Crippen molar-refractivity contribution < 1.29 is 4.79 Å². The molecule has 17 heavy (non-hydrogen) atoms. The van der Waals surface area contributed by atoms with Crippen LogP contribution in [0.3, 0.4) is 0 Å². The van der Waals surface area contributed by atoms with Crippen LogP contribution >= 0.6 is 31.9 Å². The van der Waals surface area contributed by atoms with Crippen LogP contribution in [0.5, 0.6) is 0 Å². The molecule has 0 spiro atoms. The van der Waals surface area contributed by atoms with E-state index in [9.17, 15) is 4.79 Å². The van der Waals surface area contributed by atoms with Crippen LogP contribution in [-0.4, -0.2) is 15.9 Å². The monoisotopic (exact) mass is 355 g/mol. The van der Waals surface area contributed by atoms with E-state index in [0.29, 0.717) is 5.69 Å². The van der Waals surface area contributed by atoms with Crippen molar-refractivity contribution in [3.63, 3.8) is 0 Å². The number of hydrogen-bond acceptors (Lipinski definition) is 3. The van der Waals surface area contributed by atoms with Gasteiger partial charge in [-0.25, -0.2) is 4.98 Å². The Bertz CT molecular complexity index is 546. The van der Waals surface area contributed by atoms with Crippen LogP contribution in [0.4, 0.5) is 5.69 Å². The summed E-state index contributed by atoms with van der Waals surface area (Å²) in [6.07, 6.45) is 4.42. The standard InChI is InChI=1S/C11H7Br2N3O/c12-7-1-2-9(8(13)5-7)16-11(17)10-6-14-3-4-15-10/h1-6H,(H,16,17). The third kappa shape index (κ3) is 3.10. The predicted octanol–water partition coefficient (Wildman–Crippen LogP) is 3.25. The van der Waals surface area contributed by atoms with Crippen LogP contribution in [0.25, 0.3) is 0 Å². The second kappa shape index (κ2) is 5.37. The lowest BCUT2D eigenvalue weighted by atomic mass is 10.3. The molecule has 2 aromatic rings. The first kappa shape index (κ1) is 12.2. The molecule has 0 aliphatic heterocycles. The molecule has 0 radical (unpaired) electrons. The zero-order valence-electron chi connectivity index (χ0n) is 8.52. The summed E-state index contributed by atoms with van der Waals surface area (Å²) in [5, 5.41) is 2.74. The van der Waals surface area contributed by atoms with Crippen LogP contribution in [0.15, 0.2) is 45.7 Å². The number of nitrogens with zero attached hydrogens (tertiary/aromatic N) is 2. The number of amides is 1. The Morgan fingerprint density at radius 3 is 2.71 bits per heavy atom. The molecule has 6 heteroatoms. The van der Waals surface area contributed by atoms with Gasteiger partial charge in [-0.3, -0.25) is 9.78 Å². The summed E-state index contributed by atoms with van der Waals surface area (Å²) in [5.74, 6) is -0.291. The third-order valence-electron chi connectivity index (χ3n) is 1.98. The molecule has 1 N–H and O–H groups in total. The average molecular weight is 357 g/mol. The van der Waals surface area contributed by atoms with Crippen molar-refractivity contribution in [1.82, 2.24) is 9.97 Å². The van der Waals surface area contributed by atoms with Gasteiger partial charge in [0.25, 0.3) is 5.91 Å². The van der Waals surface area contributed by atoms with Crippen LogP contribution in [-0.2, 0) is 0 Å². The SMILES string of the molecule is O=C(Nc1ccc(Br)cc1Br)c1cnccn1. The molecule has 0 unspecified atom stereocenters. The van der Waals surface area contributed by atoms with E-state index in [1.165, 1.54) is 18.6 Å². The highest BCUT2D eigenvalue weighted by atomic mass is 79.9. The smallest absolute Gasteiger partial charge is 0.275 e. The Morgan fingerprint density at radius 1 is 1.24 bits per heavy atom. The number of aromatic nitrogens is 2. The van der Waals surface area contributed by atoms with Crippen LogP contribution in [0.2, 0.25) is 0 Å². The molecule has 0 aliphatic rings. The normalized spacial score (nSPS) is 10.0. The van der Waals surface area contributed by atoms with Crippen molar-refractivity contribution in [2.45, 2.75) is 0 Å². The van der Waals surface area contributed by atoms with Gasteiger partial charge >= 0.3 is 0 Å². The number of carbonyl (C=O) groups excluding carboxylic acids is 1. The minimum atomic E-state index is -0.291. The second-order valence-corrected chi connectivity index (χ2v) is 4.94. The molecule has 1 aromatic heterocycles. The molecule has 86 valence electrons. The number of benzene rings is 1. The largest absolute Gasteiger partial charge is 0.320 e. The maximum absolute atomic E-state index is 11.8. The molecule has 1 heterocycles. The van der Waals surface area contributed by atoms with Crippen LogP contribution < -0.4 is 5.32 Å². The highest BCUT2D eigenvalue weighted by molar-refractivity contribution is 9.11. The lowest BCUT2D eigenvalue weighted by Gasteiger charge is -2.06. The van der Waals surface area contributed by atoms with Gasteiger partial charge in [-0.15, -0.1) is 0 Å². The third-order valence-corrected chi connectivity index (χ3v) is 3.12. The van der Waals surface area contributed by atoms with Gasteiger partial charge in [0.15, 0.2) is 0 Å². The quantitative estimate of drug-likeness (QED) is 0.898. The summed E-state index contributed by atoms with van der Waals surface area (Å²) in [5.41, 5.74) is 0.964.